The topological polar surface area (TPSA) is 147 Å². The molecule has 3 heterocycles. The van der Waals surface area contributed by atoms with Crippen LogP contribution in [0.5, 0.6) is 0 Å². The second-order valence-electron chi connectivity index (χ2n) is 14.1. The maximum atomic E-state index is 15.3. The maximum Gasteiger partial charge on any atom is 0.290 e. The predicted molar refractivity (Wildman–Crippen MR) is 203 cm³/mol. The molecule has 0 bridgehead atoms. The van der Waals surface area contributed by atoms with Crippen molar-refractivity contribution in [2.45, 2.75) is 57.2 Å². The van der Waals surface area contributed by atoms with Gasteiger partial charge in [-0.05, 0) is 68.5 Å². The van der Waals surface area contributed by atoms with E-state index in [9.17, 15) is 27.7 Å². The average molecular weight is 813 g/mol. The number of amides is 2. The third-order valence-electron chi connectivity index (χ3n) is 8.90. The number of benzene rings is 2. The molecule has 5 aromatic rings. The second kappa shape index (κ2) is 15.3. The van der Waals surface area contributed by atoms with Gasteiger partial charge in [0.2, 0.25) is 5.91 Å². The molecule has 2 aromatic carbocycles. The summed E-state index contributed by atoms with van der Waals surface area (Å²) in [6.07, 6.45) is 0.497. The Bertz CT molecular complexity index is 2460. The van der Waals surface area contributed by atoms with Crippen LogP contribution in [-0.2, 0) is 48.1 Å². The number of rotatable bonds is 10. The van der Waals surface area contributed by atoms with Crippen molar-refractivity contribution in [3.05, 3.63) is 93.0 Å². The number of aliphatic hydroxyl groups is 1. The minimum absolute atomic E-state index is 0.0546. The first-order valence-corrected chi connectivity index (χ1v) is 19.1. The Morgan fingerprint density at radius 2 is 1.79 bits per heavy atom. The molecular weight excluding hydrogens is 776 g/mol. The van der Waals surface area contributed by atoms with Gasteiger partial charge in [-0.1, -0.05) is 23.6 Å². The van der Waals surface area contributed by atoms with Gasteiger partial charge in [0.15, 0.2) is 11.5 Å². The van der Waals surface area contributed by atoms with Crippen LogP contribution in [0.2, 0.25) is 5.02 Å². The first-order chi connectivity index (χ1) is 26.2. The molecule has 0 saturated heterocycles. The fourth-order valence-corrected chi connectivity index (χ4v) is 7.32. The number of aryl methyl sites for hydroxylation is 1. The van der Waals surface area contributed by atoms with E-state index in [0.29, 0.717) is 28.1 Å². The van der Waals surface area contributed by atoms with Crippen LogP contribution in [0.3, 0.4) is 0 Å². The van der Waals surface area contributed by atoms with E-state index < -0.39 is 70.7 Å². The van der Waals surface area contributed by atoms with Crippen molar-refractivity contribution in [3.63, 3.8) is 0 Å². The molecule has 2 atom stereocenters. The van der Waals surface area contributed by atoms with Crippen molar-refractivity contribution in [2.75, 3.05) is 25.1 Å². The number of halogens is 5. The lowest BCUT2D eigenvalue weighted by molar-refractivity contribution is -0.122. The zero-order chi connectivity index (χ0) is 40.9. The second-order valence-corrected chi connectivity index (χ2v) is 15.6. The average Bonchev–Trinajstić information content (AvgIpc) is 3.73. The number of aromatic nitrogens is 5. The molecule has 6 rings (SSSR count). The number of carbonyl (C=O) groups is 2. The van der Waals surface area contributed by atoms with Gasteiger partial charge in [-0.3, -0.25) is 23.7 Å². The molecule has 1 aliphatic rings. The Morgan fingerprint density at radius 1 is 1.11 bits per heavy atom. The Labute approximate surface area is 326 Å². The number of pyridine rings is 1. The zero-order valence-electron chi connectivity index (χ0n) is 31.1. The summed E-state index contributed by atoms with van der Waals surface area (Å²) in [6.45, 7) is 2.22. The Balaban J connectivity index is 1.53. The SMILES string of the molecule is CN(C)C(=O)c1nn(CC(=O)N[C@@H](Cc2cc(F)cc(F)c2)c2nc(C#CC(C)(C)O)ccc2-c2ccc(Cl)c3c(NS(C)=O)nn(C)c23)c2c1CCC2(F)F. The molecule has 0 aliphatic heterocycles. The van der Waals surface area contributed by atoms with Gasteiger partial charge in [0, 0.05) is 56.6 Å². The summed E-state index contributed by atoms with van der Waals surface area (Å²) in [7, 11) is 3.04. The van der Waals surface area contributed by atoms with Crippen LogP contribution in [0, 0.1) is 23.5 Å². The smallest absolute Gasteiger partial charge is 0.290 e. The molecule has 1 aliphatic carbocycles. The van der Waals surface area contributed by atoms with E-state index in [0.717, 1.165) is 16.8 Å². The van der Waals surface area contributed by atoms with Crippen LogP contribution < -0.4 is 10.0 Å². The van der Waals surface area contributed by atoms with Crippen molar-refractivity contribution in [1.29, 1.82) is 0 Å². The molecule has 0 spiro atoms. The van der Waals surface area contributed by atoms with Gasteiger partial charge < -0.3 is 15.3 Å². The standard InChI is InChI=1S/C38H37ClF4N8O4S/c1-37(2,54)13-11-23-7-8-24(25-9-10-27(39)30-33(25)50(5)47-35(30)48-56(6)55)31(44-23)28(17-20-15-21(40)18-22(41)16-20)45-29(52)19-51-34-26(12-14-38(34,42)43)32(46-51)36(53)49(3)4/h7-10,15-16,18,28,54H,12,14,17,19H2,1-6H3,(H,45,52)(H,47,48)/t28-,56?/m0/s1. The van der Waals surface area contributed by atoms with Gasteiger partial charge in [-0.15, -0.1) is 0 Å². The van der Waals surface area contributed by atoms with Crippen LogP contribution in [0.15, 0.2) is 42.5 Å². The predicted octanol–water partition coefficient (Wildman–Crippen LogP) is 5.43. The Morgan fingerprint density at radius 3 is 2.43 bits per heavy atom. The molecule has 3 N–H and O–H groups in total. The fraction of sp³-hybridized carbons (Fsp3) is 0.342. The molecular formula is C38H37ClF4N8O4S. The van der Waals surface area contributed by atoms with Crippen LogP contribution in [0.4, 0.5) is 23.4 Å². The van der Waals surface area contributed by atoms with Gasteiger partial charge in [0.1, 0.15) is 46.2 Å². The normalized spacial score (nSPS) is 14.5. The summed E-state index contributed by atoms with van der Waals surface area (Å²) in [4.78, 5) is 32.9. The molecule has 0 fully saturated rings. The maximum absolute atomic E-state index is 15.3. The van der Waals surface area contributed by atoms with E-state index in [-0.39, 0.29) is 51.9 Å². The first kappa shape index (κ1) is 40.4. The van der Waals surface area contributed by atoms with E-state index in [4.69, 9.17) is 16.6 Å². The monoisotopic (exact) mass is 812 g/mol. The largest absolute Gasteiger partial charge is 0.378 e. The van der Waals surface area contributed by atoms with E-state index in [2.05, 4.69) is 32.1 Å². The number of fused-ring (bicyclic) bond motifs is 2. The first-order valence-electron chi connectivity index (χ1n) is 17.2. The number of anilines is 1. The molecule has 1 unspecified atom stereocenters. The van der Waals surface area contributed by atoms with Gasteiger partial charge in [0.05, 0.1) is 27.7 Å². The number of nitrogens with one attached hydrogen (secondary N) is 2. The number of nitrogens with zero attached hydrogens (tertiary/aromatic N) is 6. The third-order valence-corrected chi connectivity index (χ3v) is 9.70. The summed E-state index contributed by atoms with van der Waals surface area (Å²) in [5.74, 6) is -0.810. The molecule has 56 heavy (non-hydrogen) atoms. The number of hydrogen-bond donors (Lipinski definition) is 3. The van der Waals surface area contributed by atoms with Crippen molar-refractivity contribution in [1.82, 2.24) is 34.8 Å². The lowest BCUT2D eigenvalue weighted by Crippen LogP contribution is -2.35. The highest BCUT2D eigenvalue weighted by molar-refractivity contribution is 7.85. The van der Waals surface area contributed by atoms with Crippen LogP contribution in [-0.4, -0.2) is 76.5 Å². The summed E-state index contributed by atoms with van der Waals surface area (Å²) in [5, 5.41) is 22.5. The third kappa shape index (κ3) is 8.42. The van der Waals surface area contributed by atoms with Crippen molar-refractivity contribution < 1.29 is 36.5 Å². The molecule has 294 valence electrons. The van der Waals surface area contributed by atoms with E-state index in [1.54, 1.807) is 31.3 Å². The molecule has 3 aromatic heterocycles. The van der Waals surface area contributed by atoms with Gasteiger partial charge in [-0.25, -0.2) is 18.0 Å². The highest BCUT2D eigenvalue weighted by atomic mass is 35.5. The lowest BCUT2D eigenvalue weighted by Gasteiger charge is -2.23. The summed E-state index contributed by atoms with van der Waals surface area (Å²) < 4.78 is 76.9. The minimum Gasteiger partial charge on any atom is -0.378 e. The van der Waals surface area contributed by atoms with Crippen LogP contribution >= 0.6 is 11.6 Å². The molecule has 0 saturated carbocycles. The summed E-state index contributed by atoms with van der Waals surface area (Å²) in [6, 6.07) is 8.18. The summed E-state index contributed by atoms with van der Waals surface area (Å²) >= 11 is 6.65. The molecule has 12 nitrogen and oxygen atoms in total. The fourth-order valence-electron chi connectivity index (χ4n) is 6.66. The van der Waals surface area contributed by atoms with Gasteiger partial charge in [-0.2, -0.15) is 19.0 Å². The molecule has 18 heteroatoms. The number of carbonyl (C=O) groups excluding carboxylic acids is 2. The zero-order valence-corrected chi connectivity index (χ0v) is 32.7. The number of alkyl halides is 2. The van der Waals surface area contributed by atoms with Crippen LogP contribution in [0.1, 0.15) is 65.0 Å². The summed E-state index contributed by atoms with van der Waals surface area (Å²) in [5.41, 5.74) is -0.315. The Kier molecular flexibility index (Phi) is 11.0. The van der Waals surface area contributed by atoms with E-state index in [1.165, 1.54) is 43.8 Å². The molecule has 2 amide bonds. The number of hydrogen-bond acceptors (Lipinski definition) is 7. The van der Waals surface area contributed by atoms with Crippen molar-refractivity contribution in [3.8, 4) is 23.0 Å². The van der Waals surface area contributed by atoms with Crippen LogP contribution in [0.25, 0.3) is 22.0 Å². The molecule has 0 radical (unpaired) electrons. The quantitative estimate of drug-likeness (QED) is 0.126. The minimum atomic E-state index is -3.37. The highest BCUT2D eigenvalue weighted by Gasteiger charge is 2.46. The van der Waals surface area contributed by atoms with Gasteiger partial charge in [0.25, 0.3) is 11.8 Å². The Hall–Kier alpha value is -5.31. The van der Waals surface area contributed by atoms with Crippen molar-refractivity contribution >= 4 is 51.1 Å². The lowest BCUT2D eigenvalue weighted by atomic mass is 9.93. The van der Waals surface area contributed by atoms with Gasteiger partial charge >= 0.3 is 0 Å². The van der Waals surface area contributed by atoms with E-state index in [1.807, 2.05) is 0 Å². The highest BCUT2D eigenvalue weighted by Crippen LogP contribution is 2.43. The van der Waals surface area contributed by atoms with Crippen molar-refractivity contribution in [2.24, 2.45) is 7.05 Å². The van der Waals surface area contributed by atoms with E-state index >= 15 is 8.78 Å².